The van der Waals surface area contributed by atoms with Gasteiger partial charge in [-0.2, -0.15) is 8.78 Å². The van der Waals surface area contributed by atoms with Gasteiger partial charge >= 0.3 is 18.0 Å². The molecular weight excluding hydrogens is 434 g/mol. The molecule has 9 heteroatoms. The minimum absolute atomic E-state index is 0.107. The number of carboxylic acid groups (broad SMARTS) is 1. The van der Waals surface area contributed by atoms with Crippen LogP contribution < -0.4 is 10.6 Å². The van der Waals surface area contributed by atoms with Crippen LogP contribution in [0.5, 0.6) is 0 Å². The minimum atomic E-state index is -4.04. The molecule has 1 atom stereocenters. The number of amides is 2. The number of aliphatic carboxylic acids is 1. The molecular formula is C24H24F2N2O5. The van der Waals surface area contributed by atoms with Gasteiger partial charge in [-0.1, -0.05) is 48.5 Å². The summed E-state index contributed by atoms with van der Waals surface area (Å²) in [6.07, 6.45) is -0.125. The molecule has 2 aliphatic carbocycles. The molecule has 33 heavy (non-hydrogen) atoms. The van der Waals surface area contributed by atoms with Gasteiger partial charge in [0.05, 0.1) is 0 Å². The van der Waals surface area contributed by atoms with Crippen LogP contribution in [0.25, 0.3) is 11.1 Å². The van der Waals surface area contributed by atoms with Crippen LogP contribution >= 0.6 is 0 Å². The zero-order valence-corrected chi connectivity index (χ0v) is 17.7. The van der Waals surface area contributed by atoms with Gasteiger partial charge in [-0.3, -0.25) is 4.79 Å². The Bertz CT molecular complexity index is 1020. The van der Waals surface area contributed by atoms with Crippen LogP contribution in [0.2, 0.25) is 0 Å². The lowest BCUT2D eigenvalue weighted by Crippen LogP contribution is -2.53. The molecule has 2 aliphatic rings. The number of benzene rings is 2. The maximum atomic E-state index is 13.9. The summed E-state index contributed by atoms with van der Waals surface area (Å²) in [4.78, 5) is 35.0. The number of alkyl carbamates (subject to hydrolysis) is 1. The zero-order chi connectivity index (χ0) is 23.6. The van der Waals surface area contributed by atoms with Crippen LogP contribution in [-0.2, 0) is 14.3 Å². The highest BCUT2D eigenvalue weighted by atomic mass is 19.3. The zero-order valence-electron chi connectivity index (χ0n) is 17.7. The lowest BCUT2D eigenvalue weighted by atomic mass is 9.98. The predicted molar refractivity (Wildman–Crippen MR) is 115 cm³/mol. The summed E-state index contributed by atoms with van der Waals surface area (Å²) in [6, 6.07) is 14.1. The van der Waals surface area contributed by atoms with Crippen molar-refractivity contribution in [3.63, 3.8) is 0 Å². The molecule has 0 aliphatic heterocycles. The summed E-state index contributed by atoms with van der Waals surface area (Å²) >= 11 is 0. The number of hydrogen-bond donors (Lipinski definition) is 3. The maximum absolute atomic E-state index is 13.9. The van der Waals surface area contributed by atoms with Crippen LogP contribution in [0.4, 0.5) is 13.6 Å². The Labute approximate surface area is 189 Å². The number of carboxylic acids is 1. The molecule has 0 saturated heterocycles. The first-order valence-electron chi connectivity index (χ1n) is 10.8. The lowest BCUT2D eigenvalue weighted by Gasteiger charge is -2.24. The van der Waals surface area contributed by atoms with Gasteiger partial charge in [-0.25, -0.2) is 9.59 Å². The summed E-state index contributed by atoms with van der Waals surface area (Å²) in [5.74, 6) is -7.74. The normalized spacial score (nSPS) is 15.8. The van der Waals surface area contributed by atoms with Crippen molar-refractivity contribution in [2.45, 2.75) is 37.1 Å². The van der Waals surface area contributed by atoms with Crippen molar-refractivity contribution in [1.29, 1.82) is 0 Å². The standard InChI is InChI=1S/C24H24F2N2O5/c25-24(26,22(30)31)21(14-9-10-14)28-20(29)11-12-27-23(32)33-13-19-17-7-3-1-5-15(17)16-6-2-4-8-18(16)19/h1-8,14,19,21H,9-13H2,(H,27,32)(H,28,29)(H,30,31). The molecule has 1 saturated carbocycles. The van der Waals surface area contributed by atoms with E-state index in [9.17, 15) is 23.2 Å². The van der Waals surface area contributed by atoms with Gasteiger partial charge < -0.3 is 20.5 Å². The molecule has 0 bridgehead atoms. The van der Waals surface area contributed by atoms with Crippen LogP contribution in [0.1, 0.15) is 36.3 Å². The smallest absolute Gasteiger partial charge is 0.407 e. The van der Waals surface area contributed by atoms with Gasteiger partial charge in [0.1, 0.15) is 12.6 Å². The van der Waals surface area contributed by atoms with Crippen molar-refractivity contribution < 1.29 is 33.0 Å². The fourth-order valence-electron chi connectivity index (χ4n) is 4.24. The van der Waals surface area contributed by atoms with E-state index in [1.54, 1.807) is 0 Å². The van der Waals surface area contributed by atoms with Crippen LogP contribution in [0.3, 0.4) is 0 Å². The monoisotopic (exact) mass is 458 g/mol. The molecule has 7 nitrogen and oxygen atoms in total. The number of hydrogen-bond acceptors (Lipinski definition) is 4. The lowest BCUT2D eigenvalue weighted by molar-refractivity contribution is -0.171. The first kappa shape index (κ1) is 22.7. The summed E-state index contributed by atoms with van der Waals surface area (Å²) in [6.45, 7) is -0.0147. The summed E-state index contributed by atoms with van der Waals surface area (Å²) in [5.41, 5.74) is 4.33. The summed E-state index contributed by atoms with van der Waals surface area (Å²) in [7, 11) is 0. The molecule has 4 rings (SSSR count). The van der Waals surface area contributed by atoms with E-state index in [-0.39, 0.29) is 25.5 Å². The SMILES string of the molecule is O=C(CCNC(=O)OCC1c2ccccc2-c2ccccc21)NC(C1CC1)C(F)(F)C(=O)O. The van der Waals surface area contributed by atoms with Crippen molar-refractivity contribution in [1.82, 2.24) is 10.6 Å². The average Bonchev–Trinajstić information content (AvgIpc) is 3.58. The highest BCUT2D eigenvalue weighted by Crippen LogP contribution is 2.44. The van der Waals surface area contributed by atoms with Crippen LogP contribution in [0, 0.1) is 5.92 Å². The number of carbonyl (C=O) groups is 3. The van der Waals surface area contributed by atoms with E-state index in [0.29, 0.717) is 12.8 Å². The van der Waals surface area contributed by atoms with Crippen molar-refractivity contribution in [2.24, 2.45) is 5.92 Å². The number of alkyl halides is 2. The molecule has 0 heterocycles. The van der Waals surface area contributed by atoms with Crippen LogP contribution in [0.15, 0.2) is 48.5 Å². The van der Waals surface area contributed by atoms with E-state index in [1.165, 1.54) is 0 Å². The van der Waals surface area contributed by atoms with Gasteiger partial charge in [0, 0.05) is 18.9 Å². The van der Waals surface area contributed by atoms with Gasteiger partial charge in [0.15, 0.2) is 0 Å². The number of fused-ring (bicyclic) bond motifs is 3. The third kappa shape index (κ3) is 4.81. The third-order valence-corrected chi connectivity index (χ3v) is 6.05. The van der Waals surface area contributed by atoms with E-state index in [2.05, 4.69) is 10.6 Å². The molecule has 0 aromatic heterocycles. The van der Waals surface area contributed by atoms with Gasteiger partial charge in [-0.15, -0.1) is 0 Å². The number of halogens is 2. The molecule has 1 fully saturated rings. The molecule has 0 spiro atoms. The predicted octanol–water partition coefficient (Wildman–Crippen LogP) is 3.53. The van der Waals surface area contributed by atoms with Crippen LogP contribution in [-0.4, -0.2) is 48.2 Å². The van der Waals surface area contributed by atoms with Crippen molar-refractivity contribution in [3.8, 4) is 11.1 Å². The Balaban J connectivity index is 1.26. The molecule has 1 unspecified atom stereocenters. The Hall–Kier alpha value is -3.49. The van der Waals surface area contributed by atoms with E-state index in [4.69, 9.17) is 9.84 Å². The van der Waals surface area contributed by atoms with Gasteiger partial charge in [0.2, 0.25) is 5.91 Å². The molecule has 3 N–H and O–H groups in total. The van der Waals surface area contributed by atoms with Gasteiger partial charge in [-0.05, 0) is 41.0 Å². The maximum Gasteiger partial charge on any atom is 0.407 e. The topological polar surface area (TPSA) is 105 Å². The first-order valence-corrected chi connectivity index (χ1v) is 10.8. The summed E-state index contributed by atoms with van der Waals surface area (Å²) < 4.78 is 33.1. The second-order valence-electron chi connectivity index (χ2n) is 8.31. The highest BCUT2D eigenvalue weighted by molar-refractivity contribution is 5.81. The van der Waals surface area contributed by atoms with Crippen molar-refractivity contribution in [2.75, 3.05) is 13.2 Å². The van der Waals surface area contributed by atoms with Crippen molar-refractivity contribution in [3.05, 3.63) is 59.7 Å². The molecule has 2 aromatic carbocycles. The fourth-order valence-corrected chi connectivity index (χ4v) is 4.24. The van der Waals surface area contributed by atoms with E-state index in [1.807, 2.05) is 48.5 Å². The van der Waals surface area contributed by atoms with Crippen molar-refractivity contribution >= 4 is 18.0 Å². The molecule has 2 aromatic rings. The number of ether oxygens (including phenoxy) is 1. The number of rotatable bonds is 9. The average molecular weight is 458 g/mol. The largest absolute Gasteiger partial charge is 0.477 e. The molecule has 174 valence electrons. The number of nitrogens with one attached hydrogen (secondary N) is 2. The second-order valence-corrected chi connectivity index (χ2v) is 8.31. The Morgan fingerprint density at radius 2 is 1.61 bits per heavy atom. The van der Waals surface area contributed by atoms with E-state index in [0.717, 1.165) is 22.3 Å². The Morgan fingerprint density at radius 1 is 1.03 bits per heavy atom. The summed E-state index contributed by atoms with van der Waals surface area (Å²) in [5, 5.41) is 13.3. The molecule has 0 radical (unpaired) electrons. The van der Waals surface area contributed by atoms with E-state index < -0.39 is 35.9 Å². The first-order chi connectivity index (χ1) is 15.8. The minimum Gasteiger partial charge on any atom is -0.477 e. The molecule has 2 amide bonds. The second kappa shape index (κ2) is 9.17. The Morgan fingerprint density at radius 3 is 2.15 bits per heavy atom. The third-order valence-electron chi connectivity index (χ3n) is 6.05. The quantitative estimate of drug-likeness (QED) is 0.533. The fraction of sp³-hybridized carbons (Fsp3) is 0.375. The highest BCUT2D eigenvalue weighted by Gasteiger charge is 2.54. The Kier molecular flexibility index (Phi) is 6.31. The van der Waals surface area contributed by atoms with Gasteiger partial charge in [0.25, 0.3) is 0 Å². The van der Waals surface area contributed by atoms with E-state index >= 15 is 0 Å². The number of carbonyl (C=O) groups excluding carboxylic acids is 2.